The number of ketones is 1. The van der Waals surface area contributed by atoms with E-state index < -0.39 is 17.3 Å². The molecule has 1 aromatic carbocycles. The Morgan fingerprint density at radius 2 is 1.70 bits per heavy atom. The number of methoxy groups -OCH3 is 1. The van der Waals surface area contributed by atoms with Crippen molar-refractivity contribution in [2.24, 2.45) is 0 Å². The van der Waals surface area contributed by atoms with Gasteiger partial charge >= 0.3 is 0 Å². The number of pyridine rings is 1. The summed E-state index contributed by atoms with van der Waals surface area (Å²) < 4.78 is 7.06. The van der Waals surface area contributed by atoms with Gasteiger partial charge in [0.25, 0.3) is 17.6 Å². The number of aromatic nitrogens is 4. The van der Waals surface area contributed by atoms with Crippen molar-refractivity contribution >= 4 is 28.5 Å². The lowest BCUT2D eigenvalue weighted by atomic mass is 9.99. The summed E-state index contributed by atoms with van der Waals surface area (Å²) in [5, 5.41) is 16.0. The normalized spacial score (nSPS) is 16.9. The number of benzene rings is 1. The highest BCUT2D eigenvalue weighted by atomic mass is 16.5. The maximum absolute atomic E-state index is 13.5. The summed E-state index contributed by atoms with van der Waals surface area (Å²) in [7, 11) is 1.48. The van der Waals surface area contributed by atoms with Crippen LogP contribution in [0, 0.1) is 0 Å². The molecule has 2 aliphatic rings. The number of nitrogens with one attached hydrogen (secondary N) is 1. The van der Waals surface area contributed by atoms with Gasteiger partial charge in [-0.1, -0.05) is 31.0 Å². The van der Waals surface area contributed by atoms with Crippen LogP contribution in [0.4, 0.5) is 0 Å². The number of piperazine rings is 1. The summed E-state index contributed by atoms with van der Waals surface area (Å²) >= 11 is 0. The Kier molecular flexibility index (Phi) is 6.59. The molecule has 40 heavy (non-hydrogen) atoms. The predicted molar refractivity (Wildman–Crippen MR) is 145 cm³/mol. The van der Waals surface area contributed by atoms with Crippen molar-refractivity contribution in [3.8, 4) is 11.6 Å². The first-order chi connectivity index (χ1) is 19.4. The Morgan fingerprint density at radius 3 is 2.40 bits per heavy atom. The van der Waals surface area contributed by atoms with Crippen LogP contribution >= 0.6 is 0 Å². The smallest absolute Gasteiger partial charge is 0.295 e. The van der Waals surface area contributed by atoms with Crippen molar-refractivity contribution < 1.29 is 24.2 Å². The standard InChI is InChI=1S/C29H30N6O5/c1-40-21-18-31-26(35-12-9-22(32-35)29(39)10-5-6-11-29)24-23(21)20(17-30-24)25(36)28(38)34-15-13-33(14-16-34)27(37)19-7-3-2-4-8-19/h2-4,7-9,12,17-18,30,39H,5-6,10-11,13-16H2,1H3. The van der Waals surface area contributed by atoms with E-state index in [0.29, 0.717) is 59.7 Å². The van der Waals surface area contributed by atoms with Crippen molar-refractivity contribution in [2.75, 3.05) is 33.3 Å². The Balaban J connectivity index is 1.23. The molecule has 206 valence electrons. The molecule has 2 fully saturated rings. The average Bonchev–Trinajstić information content (AvgIpc) is 3.77. The van der Waals surface area contributed by atoms with Gasteiger partial charge in [0.1, 0.15) is 11.4 Å². The molecule has 1 saturated heterocycles. The van der Waals surface area contributed by atoms with Crippen molar-refractivity contribution in [3.05, 3.63) is 71.8 Å². The first kappa shape index (κ1) is 25.8. The number of hydrogen-bond donors (Lipinski definition) is 2. The number of carbonyl (C=O) groups excluding carboxylic acids is 3. The summed E-state index contributed by atoms with van der Waals surface area (Å²) in [6.07, 6.45) is 7.92. The molecular formula is C29H30N6O5. The fraction of sp³-hybridized carbons (Fsp3) is 0.345. The number of hydrogen-bond acceptors (Lipinski definition) is 7. The lowest BCUT2D eigenvalue weighted by Gasteiger charge is -2.34. The zero-order valence-electron chi connectivity index (χ0n) is 22.2. The van der Waals surface area contributed by atoms with E-state index >= 15 is 0 Å². The van der Waals surface area contributed by atoms with Crippen LogP contribution in [0.25, 0.3) is 16.7 Å². The highest BCUT2D eigenvalue weighted by Gasteiger charge is 2.36. The molecule has 0 bridgehead atoms. The van der Waals surface area contributed by atoms with E-state index in [4.69, 9.17) is 4.74 Å². The summed E-state index contributed by atoms with van der Waals surface area (Å²) in [6, 6.07) is 10.8. The maximum Gasteiger partial charge on any atom is 0.295 e. The number of fused-ring (bicyclic) bond motifs is 1. The van der Waals surface area contributed by atoms with Crippen molar-refractivity contribution in [1.82, 2.24) is 29.5 Å². The number of rotatable bonds is 6. The third-order valence-corrected chi connectivity index (χ3v) is 7.90. The minimum atomic E-state index is -0.949. The van der Waals surface area contributed by atoms with Gasteiger partial charge in [-0.3, -0.25) is 14.4 Å². The quantitative estimate of drug-likeness (QED) is 0.283. The fourth-order valence-corrected chi connectivity index (χ4v) is 5.65. The summed E-state index contributed by atoms with van der Waals surface area (Å²) in [6.45, 7) is 1.20. The lowest BCUT2D eigenvalue weighted by Crippen LogP contribution is -2.52. The SMILES string of the molecule is COc1cnc(-n2ccc(C3(O)CCCC3)n2)c2[nH]cc(C(=O)C(=O)N3CCN(C(=O)c4ccccc4)CC3)c12. The van der Waals surface area contributed by atoms with Gasteiger partial charge in [-0.25, -0.2) is 9.67 Å². The van der Waals surface area contributed by atoms with Crippen LogP contribution in [0.5, 0.6) is 5.75 Å². The molecule has 4 aromatic rings. The van der Waals surface area contributed by atoms with E-state index in [1.165, 1.54) is 24.4 Å². The molecule has 3 aromatic heterocycles. The molecule has 11 nitrogen and oxygen atoms in total. The van der Waals surface area contributed by atoms with Crippen LogP contribution in [-0.4, -0.2) is 85.5 Å². The fourth-order valence-electron chi connectivity index (χ4n) is 5.65. The monoisotopic (exact) mass is 542 g/mol. The highest BCUT2D eigenvalue weighted by molar-refractivity contribution is 6.45. The highest BCUT2D eigenvalue weighted by Crippen LogP contribution is 2.38. The van der Waals surface area contributed by atoms with Crippen LogP contribution in [-0.2, 0) is 10.4 Å². The van der Waals surface area contributed by atoms with E-state index in [2.05, 4.69) is 15.1 Å². The van der Waals surface area contributed by atoms with E-state index in [0.717, 1.165) is 12.8 Å². The van der Waals surface area contributed by atoms with E-state index in [9.17, 15) is 19.5 Å². The third kappa shape index (κ3) is 4.41. The number of nitrogens with zero attached hydrogens (tertiary/aromatic N) is 5. The molecule has 6 rings (SSSR count). The van der Waals surface area contributed by atoms with Gasteiger partial charge in [0.2, 0.25) is 0 Å². The van der Waals surface area contributed by atoms with Gasteiger partial charge < -0.3 is 24.6 Å². The minimum absolute atomic E-state index is 0.0951. The first-order valence-electron chi connectivity index (χ1n) is 13.4. The van der Waals surface area contributed by atoms with Gasteiger partial charge in [-0.05, 0) is 31.0 Å². The van der Waals surface area contributed by atoms with Crippen LogP contribution in [0.15, 0.2) is 55.0 Å². The number of carbonyl (C=O) groups is 3. The predicted octanol–water partition coefficient (Wildman–Crippen LogP) is 2.69. The molecule has 2 N–H and O–H groups in total. The second kappa shape index (κ2) is 10.2. The average molecular weight is 543 g/mol. The molecule has 4 heterocycles. The minimum Gasteiger partial charge on any atom is -0.494 e. The van der Waals surface area contributed by atoms with Gasteiger partial charge in [-0.15, -0.1) is 0 Å². The molecule has 0 spiro atoms. The zero-order valence-corrected chi connectivity index (χ0v) is 22.2. The molecule has 11 heteroatoms. The molecule has 0 radical (unpaired) electrons. The number of amides is 2. The largest absolute Gasteiger partial charge is 0.494 e. The molecule has 0 unspecified atom stereocenters. The zero-order chi connectivity index (χ0) is 27.9. The Hall–Kier alpha value is -4.51. The number of H-pyrrole nitrogens is 1. The molecule has 1 aliphatic carbocycles. The number of aliphatic hydroxyl groups is 1. The van der Waals surface area contributed by atoms with Gasteiger partial charge in [0.05, 0.1) is 35.5 Å². The first-order valence-corrected chi connectivity index (χ1v) is 13.4. The third-order valence-electron chi connectivity index (χ3n) is 7.90. The maximum atomic E-state index is 13.5. The van der Waals surface area contributed by atoms with Gasteiger partial charge in [0, 0.05) is 44.1 Å². The van der Waals surface area contributed by atoms with Crippen LogP contribution in [0.3, 0.4) is 0 Å². The summed E-state index contributed by atoms with van der Waals surface area (Å²) in [5.74, 6) is -0.648. The van der Waals surface area contributed by atoms with Crippen molar-refractivity contribution in [2.45, 2.75) is 31.3 Å². The molecule has 2 amide bonds. The molecule has 1 saturated carbocycles. The Morgan fingerprint density at radius 1 is 1.00 bits per heavy atom. The van der Waals surface area contributed by atoms with E-state index in [1.54, 1.807) is 34.0 Å². The lowest BCUT2D eigenvalue weighted by molar-refractivity contribution is -0.127. The second-order valence-corrected chi connectivity index (χ2v) is 10.3. The Labute approximate surface area is 230 Å². The van der Waals surface area contributed by atoms with Crippen LogP contribution in [0.2, 0.25) is 0 Å². The van der Waals surface area contributed by atoms with E-state index in [1.807, 2.05) is 18.2 Å². The number of aromatic amines is 1. The topological polar surface area (TPSA) is 134 Å². The molecule has 0 atom stereocenters. The summed E-state index contributed by atoms with van der Waals surface area (Å²) in [5.41, 5.74) is 0.886. The molecular weight excluding hydrogens is 512 g/mol. The van der Waals surface area contributed by atoms with E-state index in [-0.39, 0.29) is 24.6 Å². The van der Waals surface area contributed by atoms with Crippen LogP contribution in [0.1, 0.15) is 52.1 Å². The van der Waals surface area contributed by atoms with Crippen molar-refractivity contribution in [1.29, 1.82) is 0 Å². The number of Topliss-reactive ketones (excluding diaryl/α,β-unsaturated/α-hetero) is 1. The second-order valence-electron chi connectivity index (χ2n) is 10.3. The summed E-state index contributed by atoms with van der Waals surface area (Å²) in [4.78, 5) is 50.3. The number of ether oxygens (including phenoxy) is 1. The van der Waals surface area contributed by atoms with Gasteiger partial charge in [-0.2, -0.15) is 5.10 Å². The molecule has 1 aliphatic heterocycles. The van der Waals surface area contributed by atoms with Crippen molar-refractivity contribution in [3.63, 3.8) is 0 Å². The Bertz CT molecular complexity index is 1580. The van der Waals surface area contributed by atoms with Crippen LogP contribution < -0.4 is 4.74 Å². The van der Waals surface area contributed by atoms with Gasteiger partial charge in [0.15, 0.2) is 5.82 Å².